The minimum atomic E-state index is -0.740. The molecule has 0 spiro atoms. The standard InChI is InChI=1S/C27H33N3O4/c1-34-21-7-8-25-23(16-21)22(10-13-29-25)26(31)9-6-20-11-15-30(18-24(20)27(32)33)14-3-5-19-4-2-12-28-17-19/h2,4,7-8,10,12-13,16-17,20,24,26,31H,3,5-6,9,11,14-15,18H2,1H3,(H,32,33)/t20-,24+,26-/m1/s1. The van der Waals surface area contributed by atoms with E-state index in [1.807, 2.05) is 36.5 Å². The number of hydrogen-bond acceptors (Lipinski definition) is 6. The zero-order valence-electron chi connectivity index (χ0n) is 19.6. The monoisotopic (exact) mass is 463 g/mol. The lowest BCUT2D eigenvalue weighted by Gasteiger charge is -2.37. The third-order valence-electron chi connectivity index (χ3n) is 6.97. The van der Waals surface area contributed by atoms with Gasteiger partial charge in [0, 0.05) is 30.5 Å². The summed E-state index contributed by atoms with van der Waals surface area (Å²) in [6.45, 7) is 2.35. The molecule has 0 bridgehead atoms. The summed E-state index contributed by atoms with van der Waals surface area (Å²) >= 11 is 0. The van der Waals surface area contributed by atoms with Gasteiger partial charge in [-0.3, -0.25) is 14.8 Å². The summed E-state index contributed by atoms with van der Waals surface area (Å²) in [4.78, 5) is 22.9. The zero-order chi connectivity index (χ0) is 23.9. The van der Waals surface area contributed by atoms with E-state index < -0.39 is 18.0 Å². The van der Waals surface area contributed by atoms with Crippen LogP contribution >= 0.6 is 0 Å². The molecule has 4 rings (SSSR count). The van der Waals surface area contributed by atoms with Crippen molar-refractivity contribution in [3.05, 3.63) is 66.1 Å². The van der Waals surface area contributed by atoms with Crippen LogP contribution in [0.25, 0.3) is 10.9 Å². The summed E-state index contributed by atoms with van der Waals surface area (Å²) in [6, 6.07) is 11.5. The number of aliphatic carboxylic acids is 1. The number of rotatable bonds is 10. The van der Waals surface area contributed by atoms with Crippen molar-refractivity contribution in [1.82, 2.24) is 14.9 Å². The van der Waals surface area contributed by atoms with Crippen LogP contribution < -0.4 is 4.74 Å². The van der Waals surface area contributed by atoms with Crippen LogP contribution in [0.3, 0.4) is 0 Å². The number of carboxylic acid groups (broad SMARTS) is 1. The SMILES string of the molecule is COc1ccc2nccc([C@H](O)CC[C@@H]3CCN(CCCc4cccnc4)C[C@@H]3C(=O)O)c2c1. The molecule has 0 saturated carbocycles. The van der Waals surface area contributed by atoms with Crippen LogP contribution in [0, 0.1) is 11.8 Å². The van der Waals surface area contributed by atoms with Crippen molar-refractivity contribution in [2.75, 3.05) is 26.7 Å². The quantitative estimate of drug-likeness (QED) is 0.467. The van der Waals surface area contributed by atoms with E-state index >= 15 is 0 Å². The Morgan fingerprint density at radius 2 is 2.15 bits per heavy atom. The number of fused-ring (bicyclic) bond motifs is 1. The first kappa shape index (κ1) is 24.1. The maximum Gasteiger partial charge on any atom is 0.308 e. The number of ether oxygens (including phenoxy) is 1. The summed E-state index contributed by atoms with van der Waals surface area (Å²) in [5.74, 6) is -0.371. The second-order valence-electron chi connectivity index (χ2n) is 9.14. The summed E-state index contributed by atoms with van der Waals surface area (Å²) in [7, 11) is 1.62. The Bertz CT molecular complexity index is 1090. The van der Waals surface area contributed by atoms with Gasteiger partial charge in [0.05, 0.1) is 24.6 Å². The van der Waals surface area contributed by atoms with Gasteiger partial charge in [-0.15, -0.1) is 0 Å². The van der Waals surface area contributed by atoms with Gasteiger partial charge in [-0.1, -0.05) is 6.07 Å². The molecule has 0 radical (unpaired) electrons. The van der Waals surface area contributed by atoms with Crippen molar-refractivity contribution < 1.29 is 19.7 Å². The molecule has 7 nitrogen and oxygen atoms in total. The Balaban J connectivity index is 1.34. The molecule has 2 N–H and O–H groups in total. The Kier molecular flexibility index (Phi) is 8.08. The second-order valence-corrected chi connectivity index (χ2v) is 9.14. The zero-order valence-corrected chi connectivity index (χ0v) is 19.6. The molecule has 1 fully saturated rings. The maximum absolute atomic E-state index is 12.0. The van der Waals surface area contributed by atoms with Gasteiger partial charge in [0.15, 0.2) is 0 Å². The number of aromatic nitrogens is 2. The molecule has 1 saturated heterocycles. The fourth-order valence-corrected chi connectivity index (χ4v) is 5.04. The number of piperidine rings is 1. The third kappa shape index (κ3) is 5.90. The van der Waals surface area contributed by atoms with Gasteiger partial charge in [-0.2, -0.15) is 0 Å². The number of pyridine rings is 2. The van der Waals surface area contributed by atoms with E-state index in [1.165, 1.54) is 5.56 Å². The van der Waals surface area contributed by atoms with E-state index in [4.69, 9.17) is 4.74 Å². The summed E-state index contributed by atoms with van der Waals surface area (Å²) in [6.07, 6.45) is 8.66. The fraction of sp³-hybridized carbons (Fsp3) is 0.444. The Morgan fingerprint density at radius 3 is 2.91 bits per heavy atom. The van der Waals surface area contributed by atoms with Crippen LogP contribution in [0.2, 0.25) is 0 Å². The van der Waals surface area contributed by atoms with Crippen molar-refractivity contribution in [2.45, 2.75) is 38.2 Å². The Morgan fingerprint density at radius 1 is 1.26 bits per heavy atom. The predicted molar refractivity (Wildman–Crippen MR) is 131 cm³/mol. The number of nitrogens with zero attached hydrogens (tertiary/aromatic N) is 3. The number of aliphatic hydroxyl groups excluding tert-OH is 1. The number of carbonyl (C=O) groups is 1. The second kappa shape index (κ2) is 11.4. The summed E-state index contributed by atoms with van der Waals surface area (Å²) in [5.41, 5.74) is 2.83. The van der Waals surface area contributed by atoms with Crippen LogP contribution in [0.1, 0.15) is 42.9 Å². The van der Waals surface area contributed by atoms with Gasteiger partial charge in [0.1, 0.15) is 5.75 Å². The van der Waals surface area contributed by atoms with Gasteiger partial charge in [0.25, 0.3) is 0 Å². The number of aryl methyl sites for hydroxylation is 1. The highest BCUT2D eigenvalue weighted by Crippen LogP contribution is 2.33. The highest BCUT2D eigenvalue weighted by molar-refractivity contribution is 5.83. The number of methoxy groups -OCH3 is 1. The minimum absolute atomic E-state index is 0.0596. The molecular formula is C27H33N3O4. The van der Waals surface area contributed by atoms with E-state index in [2.05, 4.69) is 20.9 Å². The average molecular weight is 464 g/mol. The van der Waals surface area contributed by atoms with E-state index in [9.17, 15) is 15.0 Å². The molecule has 0 amide bonds. The molecule has 0 aliphatic carbocycles. The number of carboxylic acids is 1. The smallest absolute Gasteiger partial charge is 0.308 e. The Hall–Kier alpha value is -3.03. The summed E-state index contributed by atoms with van der Waals surface area (Å²) < 4.78 is 5.33. The first-order chi connectivity index (χ1) is 16.5. The lowest BCUT2D eigenvalue weighted by atomic mass is 9.81. The normalized spacial score (nSPS) is 19.7. The van der Waals surface area contributed by atoms with Crippen LogP contribution in [0.15, 0.2) is 55.0 Å². The molecule has 3 atom stereocenters. The first-order valence-corrected chi connectivity index (χ1v) is 12.0. The van der Waals surface area contributed by atoms with Crippen LogP contribution in [-0.4, -0.2) is 57.8 Å². The van der Waals surface area contributed by atoms with E-state index in [1.54, 1.807) is 19.5 Å². The highest BCUT2D eigenvalue weighted by Gasteiger charge is 2.34. The lowest BCUT2D eigenvalue weighted by molar-refractivity contribution is -0.146. The number of benzene rings is 1. The molecule has 0 unspecified atom stereocenters. The van der Waals surface area contributed by atoms with Crippen molar-refractivity contribution >= 4 is 16.9 Å². The molecule has 3 aromatic rings. The van der Waals surface area contributed by atoms with E-state index in [-0.39, 0.29) is 5.92 Å². The number of aliphatic hydroxyl groups is 1. The fourth-order valence-electron chi connectivity index (χ4n) is 5.04. The molecule has 3 heterocycles. The highest BCUT2D eigenvalue weighted by atomic mass is 16.5. The first-order valence-electron chi connectivity index (χ1n) is 12.0. The van der Waals surface area contributed by atoms with E-state index in [0.29, 0.717) is 19.4 Å². The molecule has 2 aromatic heterocycles. The molecule has 1 aliphatic heterocycles. The van der Waals surface area contributed by atoms with Crippen molar-refractivity contribution in [3.63, 3.8) is 0 Å². The molecule has 1 aromatic carbocycles. The molecule has 7 heteroatoms. The van der Waals surface area contributed by atoms with Gasteiger partial charge >= 0.3 is 5.97 Å². The number of hydrogen-bond donors (Lipinski definition) is 2. The van der Waals surface area contributed by atoms with Crippen LogP contribution in [0.5, 0.6) is 5.75 Å². The van der Waals surface area contributed by atoms with Crippen molar-refractivity contribution in [3.8, 4) is 5.75 Å². The molecule has 34 heavy (non-hydrogen) atoms. The molecule has 1 aliphatic rings. The van der Waals surface area contributed by atoms with Gasteiger partial charge in [-0.25, -0.2) is 0 Å². The molecule has 180 valence electrons. The van der Waals surface area contributed by atoms with Crippen molar-refractivity contribution in [1.29, 1.82) is 0 Å². The van der Waals surface area contributed by atoms with Gasteiger partial charge in [-0.05, 0) is 92.6 Å². The largest absolute Gasteiger partial charge is 0.497 e. The van der Waals surface area contributed by atoms with Crippen LogP contribution in [-0.2, 0) is 11.2 Å². The Labute approximate surface area is 200 Å². The minimum Gasteiger partial charge on any atom is -0.497 e. The topological polar surface area (TPSA) is 95.8 Å². The maximum atomic E-state index is 12.0. The number of likely N-dealkylation sites (tertiary alicyclic amines) is 1. The lowest BCUT2D eigenvalue weighted by Crippen LogP contribution is -2.44. The van der Waals surface area contributed by atoms with Crippen molar-refractivity contribution in [2.24, 2.45) is 11.8 Å². The molecular weight excluding hydrogens is 430 g/mol. The van der Waals surface area contributed by atoms with Gasteiger partial charge < -0.3 is 19.8 Å². The van der Waals surface area contributed by atoms with Crippen LogP contribution in [0.4, 0.5) is 0 Å². The van der Waals surface area contributed by atoms with Gasteiger partial charge in [0.2, 0.25) is 0 Å². The average Bonchev–Trinajstić information content (AvgIpc) is 2.87. The predicted octanol–water partition coefficient (Wildman–Crippen LogP) is 4.11. The summed E-state index contributed by atoms with van der Waals surface area (Å²) in [5, 5.41) is 21.7. The third-order valence-corrected chi connectivity index (χ3v) is 6.97. The van der Waals surface area contributed by atoms with E-state index in [0.717, 1.165) is 54.6 Å².